The van der Waals surface area contributed by atoms with Gasteiger partial charge in [0.1, 0.15) is 11.2 Å². The molecule has 0 spiro atoms. The topological polar surface area (TPSA) is 17.5 Å². The molecule has 0 aliphatic rings. The molecule has 0 N–H and O–H groups in total. The molecule has 0 saturated carbocycles. The van der Waals surface area contributed by atoms with E-state index in [-0.39, 0.29) is 11.5 Å². The summed E-state index contributed by atoms with van der Waals surface area (Å²) in [6.45, 7) is 15.7. The van der Waals surface area contributed by atoms with Gasteiger partial charge in [-0.3, -0.25) is 0 Å². The summed E-state index contributed by atoms with van der Waals surface area (Å²) in [5, 5.41) is 1.93. The molecule has 3 aromatic rings. The monoisotopic (exact) mass is 264 g/mol. The number of furan rings is 1. The number of benzene rings is 2. The Kier molecular flexibility index (Phi) is 2.37. The van der Waals surface area contributed by atoms with E-state index in [1.54, 1.807) is 6.07 Å². The lowest BCUT2D eigenvalue weighted by Gasteiger charge is -2.21. The fraction of sp³-hybridized carbons (Fsp3) is 0.278. The van der Waals surface area contributed by atoms with Crippen molar-refractivity contribution >= 4 is 27.6 Å². The summed E-state index contributed by atoms with van der Waals surface area (Å²) in [5.41, 5.74) is 3.99. The Bertz CT molecular complexity index is 907. The number of hydrogen-bond donors (Lipinski definition) is 0. The van der Waals surface area contributed by atoms with E-state index in [2.05, 4.69) is 38.6 Å². The summed E-state index contributed by atoms with van der Waals surface area (Å²) in [7, 11) is 0. The van der Waals surface area contributed by atoms with Crippen molar-refractivity contribution in [3.63, 3.8) is 0 Å². The number of fused-ring (bicyclic) bond motifs is 3. The highest BCUT2D eigenvalue weighted by molar-refractivity contribution is 6.07. The normalized spacial score (nSPS) is 12.7. The van der Waals surface area contributed by atoms with E-state index >= 15 is 0 Å². The summed E-state index contributed by atoms with van der Waals surface area (Å²) in [6.07, 6.45) is 0. The molecule has 0 bridgehead atoms. The molecule has 0 radical (unpaired) electrons. The second-order valence-electron chi connectivity index (χ2n) is 6.18. The van der Waals surface area contributed by atoms with Crippen LogP contribution in [0.25, 0.3) is 26.8 Å². The van der Waals surface area contributed by atoms with Gasteiger partial charge in [0.2, 0.25) is 0 Å². The van der Waals surface area contributed by atoms with Crippen molar-refractivity contribution in [3.05, 3.63) is 52.9 Å². The first kappa shape index (κ1) is 11.5. The van der Waals surface area contributed by atoms with Gasteiger partial charge in [-0.25, -0.2) is 4.85 Å². The molecule has 1 heterocycles. The average molecular weight is 264 g/mol. The lowest BCUT2D eigenvalue weighted by Crippen LogP contribution is -2.13. The van der Waals surface area contributed by atoms with E-state index in [0.29, 0.717) is 11.3 Å². The molecule has 0 atom stereocenters. The van der Waals surface area contributed by atoms with Gasteiger partial charge in [0.15, 0.2) is 5.69 Å². The zero-order valence-electron chi connectivity index (χ0n) is 13.2. The van der Waals surface area contributed by atoms with Gasteiger partial charge in [0.25, 0.3) is 0 Å². The van der Waals surface area contributed by atoms with Gasteiger partial charge < -0.3 is 4.42 Å². The minimum Gasteiger partial charge on any atom is -0.457 e. The zero-order valence-corrected chi connectivity index (χ0v) is 12.2. The molecule has 0 saturated heterocycles. The Morgan fingerprint density at radius 3 is 2.50 bits per heavy atom. The van der Waals surface area contributed by atoms with Gasteiger partial charge in [-0.1, -0.05) is 45.0 Å². The highest BCUT2D eigenvalue weighted by atomic mass is 16.3. The number of hydrogen-bond acceptors (Lipinski definition) is 1. The molecule has 2 aromatic carbocycles. The van der Waals surface area contributed by atoms with E-state index in [4.69, 9.17) is 12.4 Å². The van der Waals surface area contributed by atoms with Crippen LogP contribution < -0.4 is 0 Å². The van der Waals surface area contributed by atoms with Crippen LogP contribution in [0.3, 0.4) is 0 Å². The molecule has 0 fully saturated rings. The fourth-order valence-corrected chi connectivity index (χ4v) is 2.85. The quantitative estimate of drug-likeness (QED) is 0.473. The molecule has 0 aliphatic heterocycles. The fourth-order valence-electron chi connectivity index (χ4n) is 2.85. The van der Waals surface area contributed by atoms with Gasteiger partial charge in [0, 0.05) is 16.3 Å². The molecule has 1 aromatic heterocycles. The highest BCUT2D eigenvalue weighted by Gasteiger charge is 2.22. The summed E-state index contributed by atoms with van der Waals surface area (Å²) in [6, 6.07) is 7.90. The van der Waals surface area contributed by atoms with Crippen molar-refractivity contribution in [1.82, 2.24) is 0 Å². The molecule has 2 nitrogen and oxygen atoms in total. The van der Waals surface area contributed by atoms with Crippen LogP contribution in [0.2, 0.25) is 0 Å². The smallest absolute Gasteiger partial charge is 0.190 e. The lowest BCUT2D eigenvalue weighted by atomic mass is 9.83. The van der Waals surface area contributed by atoms with E-state index in [9.17, 15) is 0 Å². The maximum absolute atomic E-state index is 8.14. The van der Waals surface area contributed by atoms with Crippen LogP contribution in [0, 0.1) is 13.5 Å². The Labute approximate surface area is 120 Å². The first-order valence-electron chi connectivity index (χ1n) is 7.18. The van der Waals surface area contributed by atoms with Crippen molar-refractivity contribution in [2.75, 3.05) is 0 Å². The SMILES string of the molecule is [2H]c1c([N+]#[C-])ccc2c1oc1c(C(C)(C)C)c(C)ccc12. The first-order valence-corrected chi connectivity index (χ1v) is 6.68. The Morgan fingerprint density at radius 1 is 1.15 bits per heavy atom. The standard InChI is InChI=1S/C18H17NO/c1-11-6-8-14-13-9-7-12(19-5)10-15(13)20-17(14)16(11)18(2,3)4/h6-10H,1-4H3/i10D. The number of aryl methyl sites for hydroxylation is 1. The molecule has 20 heavy (non-hydrogen) atoms. The minimum atomic E-state index is -0.0394. The first-order chi connectivity index (χ1) is 9.84. The van der Waals surface area contributed by atoms with E-state index in [0.717, 1.165) is 16.4 Å². The third-order valence-corrected chi connectivity index (χ3v) is 3.62. The van der Waals surface area contributed by atoms with Crippen molar-refractivity contribution in [3.8, 4) is 0 Å². The third kappa shape index (κ3) is 1.78. The van der Waals surface area contributed by atoms with Crippen LogP contribution in [-0.4, -0.2) is 0 Å². The molecule has 0 aliphatic carbocycles. The summed E-state index contributed by atoms with van der Waals surface area (Å²) < 4.78 is 14.2. The van der Waals surface area contributed by atoms with Gasteiger partial charge in [-0.05, 0) is 23.9 Å². The van der Waals surface area contributed by atoms with Gasteiger partial charge >= 0.3 is 0 Å². The predicted octanol–water partition coefficient (Wildman–Crippen LogP) is 5.74. The van der Waals surface area contributed by atoms with Crippen LogP contribution >= 0.6 is 0 Å². The van der Waals surface area contributed by atoms with Crippen LogP contribution in [0.1, 0.15) is 33.3 Å². The summed E-state index contributed by atoms with van der Waals surface area (Å²) in [5.74, 6) is 0. The van der Waals surface area contributed by atoms with Crippen LogP contribution in [0.4, 0.5) is 5.69 Å². The predicted molar refractivity (Wildman–Crippen MR) is 83.4 cm³/mol. The van der Waals surface area contributed by atoms with Gasteiger partial charge in [-0.2, -0.15) is 0 Å². The maximum atomic E-state index is 8.14. The molecular formula is C18H17NO. The maximum Gasteiger partial charge on any atom is 0.190 e. The Morgan fingerprint density at radius 2 is 1.85 bits per heavy atom. The van der Waals surface area contributed by atoms with E-state index in [1.807, 2.05) is 12.1 Å². The summed E-state index contributed by atoms with van der Waals surface area (Å²) >= 11 is 0. The van der Waals surface area contributed by atoms with E-state index in [1.165, 1.54) is 11.1 Å². The minimum absolute atomic E-state index is 0.0394. The zero-order chi connectivity index (χ0) is 15.4. The van der Waals surface area contributed by atoms with Crippen molar-refractivity contribution in [2.45, 2.75) is 33.1 Å². The Hall–Kier alpha value is -2.27. The highest BCUT2D eigenvalue weighted by Crippen LogP contribution is 2.38. The van der Waals surface area contributed by atoms with Crippen molar-refractivity contribution in [2.24, 2.45) is 0 Å². The third-order valence-electron chi connectivity index (χ3n) is 3.62. The molecule has 0 unspecified atom stereocenters. The Balaban J connectivity index is 2.53. The van der Waals surface area contributed by atoms with Gasteiger partial charge in [-0.15, -0.1) is 0 Å². The van der Waals surface area contributed by atoms with E-state index < -0.39 is 0 Å². The number of rotatable bonds is 0. The van der Waals surface area contributed by atoms with Crippen LogP contribution in [-0.2, 0) is 5.41 Å². The molecule has 2 heteroatoms. The molecule has 100 valence electrons. The second-order valence-corrected chi connectivity index (χ2v) is 6.18. The van der Waals surface area contributed by atoms with Crippen molar-refractivity contribution < 1.29 is 5.79 Å². The molecule has 3 rings (SSSR count). The molecule has 0 amide bonds. The van der Waals surface area contributed by atoms with Crippen LogP contribution in [0.15, 0.2) is 34.7 Å². The molecular weight excluding hydrogens is 246 g/mol. The number of nitrogens with zero attached hydrogens (tertiary/aromatic N) is 1. The average Bonchev–Trinajstić information content (AvgIpc) is 2.76. The van der Waals surface area contributed by atoms with Crippen molar-refractivity contribution in [1.29, 1.82) is 0 Å². The largest absolute Gasteiger partial charge is 0.457 e. The second kappa shape index (κ2) is 4.11. The lowest BCUT2D eigenvalue weighted by molar-refractivity contribution is 0.569. The van der Waals surface area contributed by atoms with Crippen LogP contribution in [0.5, 0.6) is 0 Å². The van der Waals surface area contributed by atoms with Gasteiger partial charge in [0.05, 0.1) is 7.94 Å². The summed E-state index contributed by atoms with van der Waals surface area (Å²) in [4.78, 5) is 3.38.